The number of nitrogens with one attached hydrogen (secondary N) is 1. The minimum Gasteiger partial charge on any atom is -0.454 e. The minimum absolute atomic E-state index is 0.217. The average molecular weight is 459 g/mol. The number of hydrogen-bond donors (Lipinski definition) is 2. The smallest absolute Gasteiger partial charge is 0.273 e. The van der Waals surface area contributed by atoms with Gasteiger partial charge in [0.2, 0.25) is 12.7 Å². The first-order chi connectivity index (χ1) is 16.1. The van der Waals surface area contributed by atoms with Crippen LogP contribution in [-0.2, 0) is 17.8 Å². The van der Waals surface area contributed by atoms with Gasteiger partial charge in [0.1, 0.15) is 6.26 Å². The van der Waals surface area contributed by atoms with Crippen LogP contribution < -0.4 is 14.8 Å². The third kappa shape index (κ3) is 6.55. The summed E-state index contributed by atoms with van der Waals surface area (Å²) in [6.45, 7) is 9.36. The molecule has 178 valence electrons. The average Bonchev–Trinajstić information content (AvgIpc) is 3.48. The number of ether oxygens (including phenoxy) is 3. The number of oxazole rings is 1. The predicted molar refractivity (Wildman–Crippen MR) is 119 cm³/mol. The monoisotopic (exact) mass is 458 g/mol. The largest absolute Gasteiger partial charge is 0.454 e. The van der Waals surface area contributed by atoms with E-state index in [9.17, 15) is 9.90 Å². The molecule has 2 N–H and O–H groups in total. The highest BCUT2D eigenvalue weighted by atomic mass is 16.7. The van der Waals surface area contributed by atoms with Gasteiger partial charge in [-0.1, -0.05) is 12.1 Å². The molecule has 0 bridgehead atoms. The van der Waals surface area contributed by atoms with Crippen LogP contribution in [0.3, 0.4) is 0 Å². The number of β-amino-alcohol motifs (C(OH)–C–C–N with tert-alkyl or cyclic N) is 1. The van der Waals surface area contributed by atoms with E-state index in [0.29, 0.717) is 50.2 Å². The van der Waals surface area contributed by atoms with E-state index < -0.39 is 6.10 Å². The van der Waals surface area contributed by atoms with Crippen LogP contribution in [0.2, 0.25) is 0 Å². The van der Waals surface area contributed by atoms with Gasteiger partial charge in [-0.25, -0.2) is 4.98 Å². The second kappa shape index (κ2) is 11.3. The molecule has 0 aliphatic carbocycles. The van der Waals surface area contributed by atoms with E-state index in [1.807, 2.05) is 18.2 Å². The van der Waals surface area contributed by atoms with Gasteiger partial charge in [-0.3, -0.25) is 14.6 Å². The number of nitrogens with zero attached hydrogens (tertiary/aromatic N) is 3. The lowest BCUT2D eigenvalue weighted by Crippen LogP contribution is -2.48. The third-order valence-electron chi connectivity index (χ3n) is 5.51. The summed E-state index contributed by atoms with van der Waals surface area (Å²) in [4.78, 5) is 21.2. The summed E-state index contributed by atoms with van der Waals surface area (Å²) in [7, 11) is 0. The second-order valence-electron chi connectivity index (χ2n) is 8.05. The van der Waals surface area contributed by atoms with Crippen molar-refractivity contribution in [3.05, 3.63) is 54.3 Å². The van der Waals surface area contributed by atoms with Crippen molar-refractivity contribution in [2.24, 2.45) is 0 Å². The molecule has 1 saturated heterocycles. The number of carbonyl (C=O) groups excluding carboxylic acids is 1. The molecule has 1 amide bonds. The molecule has 1 atom stereocenters. The van der Waals surface area contributed by atoms with Gasteiger partial charge in [0.25, 0.3) is 5.91 Å². The van der Waals surface area contributed by atoms with Crippen LogP contribution in [0.5, 0.6) is 11.5 Å². The molecule has 1 fully saturated rings. The van der Waals surface area contributed by atoms with Crippen molar-refractivity contribution < 1.29 is 28.5 Å². The van der Waals surface area contributed by atoms with Gasteiger partial charge in [-0.2, -0.15) is 0 Å². The van der Waals surface area contributed by atoms with Crippen LogP contribution >= 0.6 is 0 Å². The van der Waals surface area contributed by atoms with Gasteiger partial charge in [-0.15, -0.1) is 6.58 Å². The molecular formula is C23H30N4O6. The Morgan fingerprint density at radius 1 is 1.24 bits per heavy atom. The first kappa shape index (κ1) is 23.2. The van der Waals surface area contributed by atoms with Crippen molar-refractivity contribution >= 4 is 5.91 Å². The van der Waals surface area contributed by atoms with E-state index in [-0.39, 0.29) is 18.4 Å². The number of rotatable bonds is 11. The number of aromatic nitrogens is 1. The van der Waals surface area contributed by atoms with Crippen LogP contribution in [0.15, 0.2) is 41.5 Å². The van der Waals surface area contributed by atoms with Crippen LogP contribution in [0.4, 0.5) is 0 Å². The Bertz CT molecular complexity index is 941. The van der Waals surface area contributed by atoms with Crippen molar-refractivity contribution in [2.45, 2.75) is 19.2 Å². The van der Waals surface area contributed by atoms with Crippen molar-refractivity contribution in [3.63, 3.8) is 0 Å². The summed E-state index contributed by atoms with van der Waals surface area (Å²) in [5.74, 6) is 1.61. The highest BCUT2D eigenvalue weighted by Crippen LogP contribution is 2.32. The maximum atomic E-state index is 12.4. The van der Waals surface area contributed by atoms with Crippen LogP contribution in [0.1, 0.15) is 21.9 Å². The Kier molecular flexibility index (Phi) is 7.95. The molecule has 10 heteroatoms. The van der Waals surface area contributed by atoms with Crippen LogP contribution in [-0.4, -0.2) is 84.6 Å². The van der Waals surface area contributed by atoms with Crippen LogP contribution in [0, 0.1) is 0 Å². The van der Waals surface area contributed by atoms with E-state index >= 15 is 0 Å². The first-order valence-corrected chi connectivity index (χ1v) is 11.0. The highest BCUT2D eigenvalue weighted by Gasteiger charge is 2.21. The summed E-state index contributed by atoms with van der Waals surface area (Å²) < 4.78 is 21.5. The summed E-state index contributed by atoms with van der Waals surface area (Å²) >= 11 is 0. The van der Waals surface area contributed by atoms with Gasteiger partial charge < -0.3 is 29.1 Å². The fourth-order valence-electron chi connectivity index (χ4n) is 3.77. The maximum absolute atomic E-state index is 12.4. The Morgan fingerprint density at radius 3 is 2.85 bits per heavy atom. The standard InChI is InChI=1S/C23H30N4O6/c1-2-9-30-14-18(28)12-26-5-7-27(8-6-26)13-22-25-19(15-31-22)23(29)24-11-17-3-4-20-21(10-17)33-16-32-20/h2-4,10,15,18,28H,1,5-9,11-14,16H2,(H,24,29). The van der Waals surface area contributed by atoms with Gasteiger partial charge in [0.15, 0.2) is 17.2 Å². The van der Waals surface area contributed by atoms with Gasteiger partial charge in [0.05, 0.1) is 25.9 Å². The Hall–Kier alpha value is -2.92. The Morgan fingerprint density at radius 2 is 2.03 bits per heavy atom. The third-order valence-corrected chi connectivity index (χ3v) is 5.51. The number of benzene rings is 1. The molecule has 2 aliphatic heterocycles. The number of carbonyl (C=O) groups is 1. The van der Waals surface area contributed by atoms with Crippen molar-refractivity contribution in [3.8, 4) is 11.5 Å². The molecule has 1 aromatic carbocycles. The summed E-state index contributed by atoms with van der Waals surface area (Å²) in [5.41, 5.74) is 1.17. The molecule has 0 spiro atoms. The first-order valence-electron chi connectivity index (χ1n) is 11.0. The fourth-order valence-corrected chi connectivity index (χ4v) is 3.77. The lowest BCUT2D eigenvalue weighted by molar-refractivity contribution is 0.0135. The second-order valence-corrected chi connectivity index (χ2v) is 8.05. The molecule has 4 rings (SSSR count). The number of aliphatic hydroxyl groups is 1. The zero-order valence-corrected chi connectivity index (χ0v) is 18.6. The summed E-state index contributed by atoms with van der Waals surface area (Å²) in [6.07, 6.45) is 2.55. The lowest BCUT2D eigenvalue weighted by Gasteiger charge is -2.34. The number of fused-ring (bicyclic) bond motifs is 1. The molecule has 3 heterocycles. The number of hydrogen-bond acceptors (Lipinski definition) is 9. The molecule has 2 aromatic rings. The van der Waals surface area contributed by atoms with E-state index in [1.54, 1.807) is 6.08 Å². The molecule has 33 heavy (non-hydrogen) atoms. The van der Waals surface area contributed by atoms with Crippen molar-refractivity contribution in [1.82, 2.24) is 20.1 Å². The van der Waals surface area contributed by atoms with E-state index in [1.165, 1.54) is 6.26 Å². The summed E-state index contributed by atoms with van der Waals surface area (Å²) in [6, 6.07) is 5.56. The number of piperazine rings is 1. The fraction of sp³-hybridized carbons (Fsp3) is 0.478. The van der Waals surface area contributed by atoms with Crippen molar-refractivity contribution in [1.29, 1.82) is 0 Å². The predicted octanol–water partition coefficient (Wildman–Crippen LogP) is 1.01. The van der Waals surface area contributed by atoms with Crippen LogP contribution in [0.25, 0.3) is 0 Å². The van der Waals surface area contributed by atoms with Gasteiger partial charge in [0, 0.05) is 39.3 Å². The zero-order chi connectivity index (χ0) is 23.0. The quantitative estimate of drug-likeness (QED) is 0.377. The minimum atomic E-state index is -0.512. The molecule has 1 unspecified atom stereocenters. The van der Waals surface area contributed by atoms with Gasteiger partial charge in [-0.05, 0) is 17.7 Å². The normalized spacial score (nSPS) is 17.1. The van der Waals surface area contributed by atoms with E-state index in [0.717, 1.165) is 31.7 Å². The molecule has 1 aromatic heterocycles. The topological polar surface area (TPSA) is 110 Å². The Labute approximate surface area is 192 Å². The Balaban J connectivity index is 1.18. The zero-order valence-electron chi connectivity index (χ0n) is 18.6. The summed E-state index contributed by atoms with van der Waals surface area (Å²) in [5, 5.41) is 12.9. The van der Waals surface area contributed by atoms with Crippen molar-refractivity contribution in [2.75, 3.05) is 52.7 Å². The molecule has 0 saturated carbocycles. The van der Waals surface area contributed by atoms with Gasteiger partial charge >= 0.3 is 0 Å². The SMILES string of the molecule is C=CCOCC(O)CN1CCN(Cc2nc(C(=O)NCc3ccc4c(c3)OCO4)co2)CC1. The lowest BCUT2D eigenvalue weighted by atomic mass is 10.2. The highest BCUT2D eigenvalue weighted by molar-refractivity contribution is 5.91. The molecule has 2 aliphatic rings. The maximum Gasteiger partial charge on any atom is 0.273 e. The number of aliphatic hydroxyl groups excluding tert-OH is 1. The van der Waals surface area contributed by atoms with E-state index in [2.05, 4.69) is 26.7 Å². The van der Waals surface area contributed by atoms with E-state index in [4.69, 9.17) is 18.6 Å². The molecule has 10 nitrogen and oxygen atoms in total. The molecular weight excluding hydrogens is 428 g/mol. The number of amides is 1. The molecule has 0 radical (unpaired) electrons.